The van der Waals surface area contributed by atoms with Crippen molar-refractivity contribution in [3.8, 4) is 5.75 Å². The van der Waals surface area contributed by atoms with Crippen LogP contribution in [0.15, 0.2) is 36.4 Å². The number of nitrogens with two attached hydrogens (primary N) is 1. The van der Waals surface area contributed by atoms with Gasteiger partial charge in [-0.2, -0.15) is 0 Å². The minimum atomic E-state index is -0.436. The third kappa shape index (κ3) is 4.29. The van der Waals surface area contributed by atoms with Crippen LogP contribution in [0.3, 0.4) is 0 Å². The monoisotopic (exact) mass is 334 g/mol. The average molecular weight is 335 g/mol. The van der Waals surface area contributed by atoms with Gasteiger partial charge in [-0.25, -0.2) is 4.79 Å². The summed E-state index contributed by atoms with van der Waals surface area (Å²) >= 11 is 6.12. The molecule has 0 aliphatic heterocycles. The van der Waals surface area contributed by atoms with E-state index in [2.05, 4.69) is 5.32 Å². The highest BCUT2D eigenvalue weighted by Gasteiger charge is 2.15. The molecule has 2 aromatic rings. The van der Waals surface area contributed by atoms with Gasteiger partial charge >= 0.3 is 5.97 Å². The number of carbonyl (C=O) groups excluding carboxylic acids is 1. The van der Waals surface area contributed by atoms with E-state index in [1.807, 2.05) is 0 Å². The van der Waals surface area contributed by atoms with Gasteiger partial charge in [-0.15, -0.1) is 0 Å². The third-order valence-corrected chi connectivity index (χ3v) is 3.33. The van der Waals surface area contributed by atoms with E-state index < -0.39 is 5.97 Å². The van der Waals surface area contributed by atoms with E-state index in [0.29, 0.717) is 27.7 Å². The first-order chi connectivity index (χ1) is 10.9. The van der Waals surface area contributed by atoms with Crippen LogP contribution < -0.4 is 15.8 Å². The van der Waals surface area contributed by atoms with Gasteiger partial charge in [0.15, 0.2) is 0 Å². The van der Waals surface area contributed by atoms with Gasteiger partial charge in [0.2, 0.25) is 0 Å². The first-order valence-electron chi connectivity index (χ1n) is 7.11. The molecule has 0 fully saturated rings. The first-order valence-corrected chi connectivity index (χ1v) is 7.49. The summed E-state index contributed by atoms with van der Waals surface area (Å²) in [6.45, 7) is 3.58. The van der Waals surface area contributed by atoms with Crippen LogP contribution in [0, 0.1) is 0 Å². The third-order valence-electron chi connectivity index (χ3n) is 3.04. The Morgan fingerprint density at radius 3 is 2.57 bits per heavy atom. The number of halogens is 1. The normalized spacial score (nSPS) is 10.5. The Morgan fingerprint density at radius 1 is 1.22 bits per heavy atom. The fraction of sp³-hybridized carbons (Fsp3) is 0.235. The SMILES string of the molecule is COc1ccc(Nc2ccc(N)cc2C(=O)OC(C)C)cc1Cl. The van der Waals surface area contributed by atoms with Crippen LogP contribution in [-0.2, 0) is 4.74 Å². The van der Waals surface area contributed by atoms with Gasteiger partial charge in [0.25, 0.3) is 0 Å². The average Bonchev–Trinajstić information content (AvgIpc) is 2.48. The Morgan fingerprint density at radius 2 is 1.96 bits per heavy atom. The first kappa shape index (κ1) is 17.0. The summed E-state index contributed by atoms with van der Waals surface area (Å²) in [5.41, 5.74) is 7.94. The zero-order valence-corrected chi connectivity index (χ0v) is 14.0. The van der Waals surface area contributed by atoms with Crippen molar-refractivity contribution >= 4 is 34.6 Å². The molecule has 0 aliphatic rings. The second-order valence-corrected chi connectivity index (χ2v) is 5.64. The van der Waals surface area contributed by atoms with Gasteiger partial charge in [-0.1, -0.05) is 11.6 Å². The van der Waals surface area contributed by atoms with Crippen molar-refractivity contribution < 1.29 is 14.3 Å². The molecule has 0 heterocycles. The second kappa shape index (κ2) is 7.24. The predicted molar refractivity (Wildman–Crippen MR) is 92.7 cm³/mol. The van der Waals surface area contributed by atoms with Crippen molar-refractivity contribution in [1.29, 1.82) is 0 Å². The highest BCUT2D eigenvalue weighted by atomic mass is 35.5. The standard InChI is InChI=1S/C17H19ClN2O3/c1-10(2)23-17(21)13-8-11(19)4-6-15(13)20-12-5-7-16(22-3)14(18)9-12/h4-10,20H,19H2,1-3H3. The topological polar surface area (TPSA) is 73.6 Å². The lowest BCUT2D eigenvalue weighted by atomic mass is 10.1. The largest absolute Gasteiger partial charge is 0.495 e. The molecular formula is C17H19ClN2O3. The smallest absolute Gasteiger partial charge is 0.340 e. The Kier molecular flexibility index (Phi) is 5.34. The molecule has 0 atom stereocenters. The summed E-state index contributed by atoms with van der Waals surface area (Å²) in [7, 11) is 1.55. The van der Waals surface area contributed by atoms with E-state index in [4.69, 9.17) is 26.8 Å². The van der Waals surface area contributed by atoms with Crippen molar-refractivity contribution in [1.82, 2.24) is 0 Å². The van der Waals surface area contributed by atoms with Crippen LogP contribution in [0.2, 0.25) is 5.02 Å². The van der Waals surface area contributed by atoms with E-state index in [1.54, 1.807) is 57.4 Å². The molecule has 2 rings (SSSR count). The van der Waals surface area contributed by atoms with Crippen molar-refractivity contribution in [3.63, 3.8) is 0 Å². The zero-order valence-electron chi connectivity index (χ0n) is 13.2. The summed E-state index contributed by atoms with van der Waals surface area (Å²) in [5, 5.41) is 3.62. The van der Waals surface area contributed by atoms with E-state index in [1.165, 1.54) is 0 Å². The number of nitrogens with one attached hydrogen (secondary N) is 1. The van der Waals surface area contributed by atoms with Gasteiger partial charge in [0.05, 0.1) is 29.5 Å². The number of hydrogen-bond acceptors (Lipinski definition) is 5. The summed E-state index contributed by atoms with van der Waals surface area (Å²) in [6.07, 6.45) is -0.216. The molecule has 0 radical (unpaired) electrons. The molecule has 0 unspecified atom stereocenters. The number of methoxy groups -OCH3 is 1. The highest BCUT2D eigenvalue weighted by molar-refractivity contribution is 6.32. The fourth-order valence-corrected chi connectivity index (χ4v) is 2.27. The predicted octanol–water partition coefficient (Wildman–Crippen LogP) is 4.24. The number of carbonyl (C=O) groups is 1. The summed E-state index contributed by atoms with van der Waals surface area (Å²) in [5.74, 6) is 0.142. The Balaban J connectivity index is 2.32. The Bertz CT molecular complexity index is 717. The number of ether oxygens (including phenoxy) is 2. The number of nitrogen functional groups attached to an aromatic ring is 1. The lowest BCUT2D eigenvalue weighted by molar-refractivity contribution is 0.0379. The van der Waals surface area contributed by atoms with Crippen LogP contribution in [0.1, 0.15) is 24.2 Å². The molecule has 0 bridgehead atoms. The molecule has 0 amide bonds. The quantitative estimate of drug-likeness (QED) is 0.632. The molecule has 23 heavy (non-hydrogen) atoms. The van der Waals surface area contributed by atoms with Gasteiger partial charge in [-0.3, -0.25) is 0 Å². The molecule has 122 valence electrons. The maximum absolute atomic E-state index is 12.2. The Hall–Kier alpha value is -2.40. The van der Waals surface area contributed by atoms with E-state index in [-0.39, 0.29) is 6.10 Å². The van der Waals surface area contributed by atoms with Crippen molar-refractivity contribution in [2.75, 3.05) is 18.2 Å². The summed E-state index contributed by atoms with van der Waals surface area (Å²) in [4.78, 5) is 12.2. The maximum Gasteiger partial charge on any atom is 0.340 e. The minimum absolute atomic E-state index is 0.216. The molecule has 5 nitrogen and oxygen atoms in total. The summed E-state index contributed by atoms with van der Waals surface area (Å²) < 4.78 is 10.4. The molecule has 6 heteroatoms. The lowest BCUT2D eigenvalue weighted by Gasteiger charge is -2.14. The van der Waals surface area contributed by atoms with Crippen LogP contribution >= 0.6 is 11.6 Å². The van der Waals surface area contributed by atoms with Crippen molar-refractivity contribution in [3.05, 3.63) is 47.0 Å². The van der Waals surface area contributed by atoms with E-state index in [9.17, 15) is 4.79 Å². The van der Waals surface area contributed by atoms with Gasteiger partial charge in [-0.05, 0) is 50.2 Å². The second-order valence-electron chi connectivity index (χ2n) is 5.23. The van der Waals surface area contributed by atoms with Crippen LogP contribution in [0.5, 0.6) is 5.75 Å². The van der Waals surface area contributed by atoms with E-state index >= 15 is 0 Å². The number of anilines is 3. The molecular weight excluding hydrogens is 316 g/mol. The lowest BCUT2D eigenvalue weighted by Crippen LogP contribution is -2.13. The van der Waals surface area contributed by atoms with Crippen LogP contribution in [-0.4, -0.2) is 19.2 Å². The molecule has 3 N–H and O–H groups in total. The zero-order chi connectivity index (χ0) is 17.0. The molecule has 0 saturated carbocycles. The maximum atomic E-state index is 12.2. The minimum Gasteiger partial charge on any atom is -0.495 e. The highest BCUT2D eigenvalue weighted by Crippen LogP contribution is 2.30. The Labute approximate surface area is 140 Å². The van der Waals surface area contributed by atoms with Crippen molar-refractivity contribution in [2.24, 2.45) is 0 Å². The van der Waals surface area contributed by atoms with Gasteiger partial charge < -0.3 is 20.5 Å². The van der Waals surface area contributed by atoms with Crippen LogP contribution in [0.25, 0.3) is 0 Å². The summed E-state index contributed by atoms with van der Waals surface area (Å²) in [6, 6.07) is 10.3. The number of rotatable bonds is 5. The fourth-order valence-electron chi connectivity index (χ4n) is 2.02. The molecule has 0 aromatic heterocycles. The number of hydrogen-bond donors (Lipinski definition) is 2. The molecule has 2 aromatic carbocycles. The number of benzene rings is 2. The van der Waals surface area contributed by atoms with Gasteiger partial charge in [0.1, 0.15) is 5.75 Å². The molecule has 0 spiro atoms. The van der Waals surface area contributed by atoms with Crippen LogP contribution in [0.4, 0.5) is 17.1 Å². The van der Waals surface area contributed by atoms with Gasteiger partial charge in [0, 0.05) is 11.4 Å². The number of esters is 1. The molecule has 0 aliphatic carbocycles. The van der Waals surface area contributed by atoms with E-state index in [0.717, 1.165) is 5.69 Å². The van der Waals surface area contributed by atoms with Crippen molar-refractivity contribution in [2.45, 2.75) is 20.0 Å². The molecule has 0 saturated heterocycles.